The van der Waals surface area contributed by atoms with E-state index in [1.165, 1.54) is 12.1 Å². The zero-order chi connectivity index (χ0) is 17.7. The summed E-state index contributed by atoms with van der Waals surface area (Å²) in [6.45, 7) is 1.88. The van der Waals surface area contributed by atoms with Gasteiger partial charge in [0.25, 0.3) is 5.91 Å². The maximum Gasteiger partial charge on any atom is 0.340 e. The van der Waals surface area contributed by atoms with Gasteiger partial charge in [-0.05, 0) is 30.2 Å². The van der Waals surface area contributed by atoms with Gasteiger partial charge < -0.3 is 15.8 Å². The Balaban J connectivity index is 1.90. The maximum atomic E-state index is 12.0. The zero-order valence-electron chi connectivity index (χ0n) is 12.9. The quantitative estimate of drug-likeness (QED) is 0.627. The van der Waals surface area contributed by atoms with Crippen molar-refractivity contribution in [2.75, 3.05) is 12.3 Å². The number of carbonyl (C=O) groups excluding carboxylic acids is 2. The highest BCUT2D eigenvalue weighted by Crippen LogP contribution is 2.27. The molecule has 3 N–H and O–H groups in total. The Bertz CT molecular complexity index is 778. The molecule has 2 rings (SSSR count). The molecular weight excluding hydrogens is 351 g/mol. The number of nitrogen functional groups attached to an aromatic ring is 1. The molecule has 24 heavy (non-hydrogen) atoms. The topological polar surface area (TPSA) is 81.4 Å². The van der Waals surface area contributed by atoms with Crippen LogP contribution in [0, 0.1) is 6.92 Å². The number of hydrogen-bond acceptors (Lipinski definition) is 4. The molecule has 7 heteroatoms. The predicted molar refractivity (Wildman–Crippen MR) is 94.2 cm³/mol. The predicted octanol–water partition coefficient (Wildman–Crippen LogP) is 3.36. The summed E-state index contributed by atoms with van der Waals surface area (Å²) < 4.78 is 4.95. The fraction of sp³-hybridized carbons (Fsp3) is 0.176. The average molecular weight is 367 g/mol. The van der Waals surface area contributed by atoms with Gasteiger partial charge in [0.1, 0.15) is 0 Å². The number of halogens is 2. The summed E-state index contributed by atoms with van der Waals surface area (Å²) in [5.74, 6) is -1.18. The summed E-state index contributed by atoms with van der Waals surface area (Å²) in [4.78, 5) is 23.8. The van der Waals surface area contributed by atoms with Crippen LogP contribution in [0.25, 0.3) is 0 Å². The molecule has 0 fully saturated rings. The van der Waals surface area contributed by atoms with E-state index in [9.17, 15) is 9.59 Å². The Morgan fingerprint density at radius 1 is 1.21 bits per heavy atom. The van der Waals surface area contributed by atoms with Gasteiger partial charge in [0.05, 0.1) is 16.3 Å². The van der Waals surface area contributed by atoms with E-state index in [1.54, 1.807) is 0 Å². The number of nitrogens with two attached hydrogens (primary N) is 1. The summed E-state index contributed by atoms with van der Waals surface area (Å²) in [5.41, 5.74) is 7.86. The third-order valence-corrected chi connectivity index (χ3v) is 3.92. The average Bonchev–Trinajstić information content (AvgIpc) is 2.55. The molecular formula is C17H16Cl2N2O3. The van der Waals surface area contributed by atoms with Crippen LogP contribution < -0.4 is 11.1 Å². The molecule has 126 valence electrons. The van der Waals surface area contributed by atoms with E-state index in [0.717, 1.165) is 11.1 Å². The lowest BCUT2D eigenvalue weighted by molar-refractivity contribution is -0.124. The fourth-order valence-corrected chi connectivity index (χ4v) is 2.51. The number of carbonyl (C=O) groups is 2. The Kier molecular flexibility index (Phi) is 6.06. The molecule has 0 saturated heterocycles. The van der Waals surface area contributed by atoms with Crippen LogP contribution in [-0.4, -0.2) is 18.5 Å². The van der Waals surface area contributed by atoms with Crippen LogP contribution in [-0.2, 0) is 16.1 Å². The lowest BCUT2D eigenvalue weighted by Gasteiger charge is -2.10. The Labute approximate surface area is 149 Å². The van der Waals surface area contributed by atoms with E-state index >= 15 is 0 Å². The van der Waals surface area contributed by atoms with Gasteiger partial charge in [-0.1, -0.05) is 47.5 Å². The first-order chi connectivity index (χ1) is 11.4. The van der Waals surface area contributed by atoms with E-state index in [1.807, 2.05) is 31.2 Å². The lowest BCUT2D eigenvalue weighted by atomic mass is 10.1. The molecule has 2 aromatic carbocycles. The summed E-state index contributed by atoms with van der Waals surface area (Å²) in [6.07, 6.45) is 0. The Morgan fingerprint density at radius 3 is 2.62 bits per heavy atom. The van der Waals surface area contributed by atoms with Crippen molar-refractivity contribution in [1.82, 2.24) is 5.32 Å². The number of ether oxygens (including phenoxy) is 1. The molecule has 0 unspecified atom stereocenters. The molecule has 0 radical (unpaired) electrons. The van der Waals surface area contributed by atoms with E-state index in [-0.39, 0.29) is 21.3 Å². The van der Waals surface area contributed by atoms with Crippen LogP contribution in [0.3, 0.4) is 0 Å². The number of nitrogens with one attached hydrogen (secondary N) is 1. The molecule has 1 amide bonds. The molecule has 0 aliphatic rings. The summed E-state index contributed by atoms with van der Waals surface area (Å²) in [5, 5.41) is 3.09. The Hall–Kier alpha value is -2.24. The van der Waals surface area contributed by atoms with Gasteiger partial charge in [0, 0.05) is 11.6 Å². The van der Waals surface area contributed by atoms with Gasteiger partial charge in [-0.15, -0.1) is 0 Å². The maximum absolute atomic E-state index is 12.0. The van der Waals surface area contributed by atoms with Gasteiger partial charge >= 0.3 is 5.97 Å². The fourth-order valence-electron chi connectivity index (χ4n) is 2.02. The summed E-state index contributed by atoms with van der Waals surface area (Å²) in [6, 6.07) is 10.4. The highest BCUT2D eigenvalue weighted by Gasteiger charge is 2.16. The number of benzene rings is 2. The second-order valence-electron chi connectivity index (χ2n) is 5.13. The second kappa shape index (κ2) is 8.04. The van der Waals surface area contributed by atoms with Crippen molar-refractivity contribution in [3.05, 3.63) is 63.1 Å². The smallest absolute Gasteiger partial charge is 0.340 e. The first-order valence-electron chi connectivity index (χ1n) is 7.11. The van der Waals surface area contributed by atoms with Gasteiger partial charge in [0.2, 0.25) is 0 Å². The minimum absolute atomic E-state index is 0.0270. The van der Waals surface area contributed by atoms with Crippen LogP contribution >= 0.6 is 23.2 Å². The molecule has 0 aliphatic heterocycles. The van der Waals surface area contributed by atoms with Crippen molar-refractivity contribution in [2.24, 2.45) is 0 Å². The van der Waals surface area contributed by atoms with Crippen LogP contribution in [0.1, 0.15) is 21.5 Å². The minimum atomic E-state index is -0.761. The number of anilines is 1. The first-order valence-corrected chi connectivity index (χ1v) is 7.87. The number of rotatable bonds is 5. The number of amides is 1. The molecule has 0 spiro atoms. The molecule has 0 atom stereocenters. The number of hydrogen-bond donors (Lipinski definition) is 2. The minimum Gasteiger partial charge on any atom is -0.452 e. The van der Waals surface area contributed by atoms with Gasteiger partial charge in [-0.3, -0.25) is 4.79 Å². The van der Waals surface area contributed by atoms with Crippen LogP contribution in [0.4, 0.5) is 5.69 Å². The van der Waals surface area contributed by atoms with E-state index in [0.29, 0.717) is 6.54 Å². The summed E-state index contributed by atoms with van der Waals surface area (Å²) >= 11 is 11.7. The normalized spacial score (nSPS) is 10.3. The molecule has 2 aromatic rings. The van der Waals surface area contributed by atoms with Gasteiger partial charge in [-0.2, -0.15) is 0 Å². The molecule has 0 bridgehead atoms. The molecule has 0 aromatic heterocycles. The van der Waals surface area contributed by atoms with E-state index in [4.69, 9.17) is 33.7 Å². The van der Waals surface area contributed by atoms with E-state index < -0.39 is 18.5 Å². The lowest BCUT2D eigenvalue weighted by Crippen LogP contribution is -2.28. The third kappa shape index (κ3) is 4.63. The van der Waals surface area contributed by atoms with Gasteiger partial charge in [0.15, 0.2) is 6.61 Å². The summed E-state index contributed by atoms with van der Waals surface area (Å²) in [7, 11) is 0. The SMILES string of the molecule is Cc1ccccc1CNC(=O)COC(=O)c1cc(Cl)cc(Cl)c1N. The molecule has 0 aliphatic carbocycles. The van der Waals surface area contributed by atoms with Gasteiger partial charge in [-0.25, -0.2) is 4.79 Å². The Morgan fingerprint density at radius 2 is 1.92 bits per heavy atom. The van der Waals surface area contributed by atoms with Crippen molar-refractivity contribution in [3.8, 4) is 0 Å². The molecule has 0 heterocycles. The van der Waals surface area contributed by atoms with Crippen molar-refractivity contribution in [1.29, 1.82) is 0 Å². The zero-order valence-corrected chi connectivity index (χ0v) is 14.4. The second-order valence-corrected chi connectivity index (χ2v) is 5.97. The van der Waals surface area contributed by atoms with Crippen molar-refractivity contribution in [2.45, 2.75) is 13.5 Å². The standard InChI is InChI=1S/C17H16Cl2N2O3/c1-10-4-2-3-5-11(10)8-21-15(22)9-24-17(23)13-6-12(18)7-14(19)16(13)20/h2-7H,8-9,20H2,1H3,(H,21,22). The largest absolute Gasteiger partial charge is 0.452 e. The van der Waals surface area contributed by atoms with Crippen LogP contribution in [0.15, 0.2) is 36.4 Å². The highest BCUT2D eigenvalue weighted by atomic mass is 35.5. The molecule has 0 saturated carbocycles. The van der Waals surface area contributed by atoms with Crippen molar-refractivity contribution >= 4 is 40.8 Å². The highest BCUT2D eigenvalue weighted by molar-refractivity contribution is 6.37. The number of esters is 1. The number of aryl methyl sites for hydroxylation is 1. The monoisotopic (exact) mass is 366 g/mol. The van der Waals surface area contributed by atoms with Crippen molar-refractivity contribution < 1.29 is 14.3 Å². The van der Waals surface area contributed by atoms with E-state index in [2.05, 4.69) is 5.32 Å². The van der Waals surface area contributed by atoms with Crippen LogP contribution in [0.2, 0.25) is 10.0 Å². The molecule has 5 nitrogen and oxygen atoms in total. The van der Waals surface area contributed by atoms with Crippen molar-refractivity contribution in [3.63, 3.8) is 0 Å². The van der Waals surface area contributed by atoms with Crippen LogP contribution in [0.5, 0.6) is 0 Å². The first kappa shape index (κ1) is 18.1. The third-order valence-electron chi connectivity index (χ3n) is 3.39.